The van der Waals surface area contributed by atoms with Crippen molar-refractivity contribution < 1.29 is 9.53 Å². The van der Waals surface area contributed by atoms with Crippen molar-refractivity contribution in [3.8, 4) is 0 Å². The van der Waals surface area contributed by atoms with Gasteiger partial charge in [0.15, 0.2) is 0 Å². The summed E-state index contributed by atoms with van der Waals surface area (Å²) >= 11 is 0. The third-order valence-electron chi connectivity index (χ3n) is 3.47. The minimum atomic E-state index is -0.316. The first-order chi connectivity index (χ1) is 6.22. The molecule has 2 saturated carbocycles. The predicted molar refractivity (Wildman–Crippen MR) is 49.0 cm³/mol. The first-order valence-electron chi connectivity index (χ1n) is 5.09. The van der Waals surface area contributed by atoms with Gasteiger partial charge in [-0.2, -0.15) is 0 Å². The van der Waals surface area contributed by atoms with E-state index in [1.165, 1.54) is 6.42 Å². The molecule has 0 aromatic carbocycles. The van der Waals surface area contributed by atoms with E-state index in [1.54, 1.807) is 0 Å². The highest BCUT2D eigenvalue weighted by Gasteiger charge is 2.57. The molecule has 74 valence electrons. The number of carbonyl (C=O) groups is 1. The van der Waals surface area contributed by atoms with Crippen LogP contribution in [0.25, 0.3) is 0 Å². The van der Waals surface area contributed by atoms with E-state index in [9.17, 15) is 4.79 Å². The Kier molecular flexibility index (Phi) is 2.06. The van der Waals surface area contributed by atoms with Gasteiger partial charge >= 0.3 is 5.97 Å². The smallest absolute Gasteiger partial charge is 0.313 e. The lowest BCUT2D eigenvalue weighted by Crippen LogP contribution is -2.38. The van der Waals surface area contributed by atoms with Crippen molar-refractivity contribution in [2.24, 2.45) is 23.0 Å². The van der Waals surface area contributed by atoms with Gasteiger partial charge in [0.2, 0.25) is 0 Å². The van der Waals surface area contributed by atoms with Gasteiger partial charge in [-0.15, -0.1) is 0 Å². The second-order valence-corrected chi connectivity index (χ2v) is 4.37. The maximum atomic E-state index is 11.7. The fourth-order valence-corrected chi connectivity index (χ4v) is 2.60. The number of carbonyl (C=O) groups excluding carboxylic acids is 1. The second kappa shape index (κ2) is 2.98. The topological polar surface area (TPSA) is 52.3 Å². The number of rotatable bonds is 3. The molecular formula is C10H17NO2. The summed E-state index contributed by atoms with van der Waals surface area (Å²) < 4.78 is 5.07. The number of fused-ring (bicyclic) bond motifs is 1. The van der Waals surface area contributed by atoms with Crippen LogP contribution in [0.2, 0.25) is 0 Å². The Balaban J connectivity index is 2.03. The summed E-state index contributed by atoms with van der Waals surface area (Å²) in [6.45, 7) is 2.77. The Morgan fingerprint density at radius 1 is 1.54 bits per heavy atom. The van der Waals surface area contributed by atoms with E-state index in [-0.39, 0.29) is 11.4 Å². The van der Waals surface area contributed by atoms with Gasteiger partial charge in [-0.3, -0.25) is 4.79 Å². The molecule has 2 fully saturated rings. The van der Waals surface area contributed by atoms with Crippen LogP contribution in [-0.4, -0.2) is 19.1 Å². The van der Waals surface area contributed by atoms with Crippen LogP contribution < -0.4 is 5.73 Å². The highest BCUT2D eigenvalue weighted by atomic mass is 16.5. The van der Waals surface area contributed by atoms with Crippen LogP contribution in [0.15, 0.2) is 0 Å². The molecule has 0 radical (unpaired) electrons. The van der Waals surface area contributed by atoms with Crippen molar-refractivity contribution in [1.82, 2.24) is 0 Å². The molecule has 13 heavy (non-hydrogen) atoms. The Morgan fingerprint density at radius 3 is 2.62 bits per heavy atom. The molecular weight excluding hydrogens is 166 g/mol. The first-order valence-corrected chi connectivity index (χ1v) is 5.09. The molecule has 2 aliphatic rings. The number of hydrogen-bond acceptors (Lipinski definition) is 3. The van der Waals surface area contributed by atoms with E-state index in [2.05, 4.69) is 0 Å². The van der Waals surface area contributed by atoms with E-state index >= 15 is 0 Å². The minimum absolute atomic E-state index is 0.0651. The van der Waals surface area contributed by atoms with Crippen molar-refractivity contribution >= 4 is 5.97 Å². The van der Waals surface area contributed by atoms with Crippen LogP contribution in [0.1, 0.15) is 26.2 Å². The molecule has 0 amide bonds. The highest BCUT2D eigenvalue weighted by Crippen LogP contribution is 2.59. The summed E-state index contributed by atoms with van der Waals surface area (Å²) in [5, 5.41) is 0. The summed E-state index contributed by atoms with van der Waals surface area (Å²) in [7, 11) is 0. The van der Waals surface area contributed by atoms with Crippen LogP contribution in [0.3, 0.4) is 0 Å². The molecule has 0 saturated heterocycles. The summed E-state index contributed by atoms with van der Waals surface area (Å²) in [6.07, 6.45) is 3.24. The molecule has 3 heteroatoms. The van der Waals surface area contributed by atoms with Gasteiger partial charge in [0.1, 0.15) is 0 Å². The fourth-order valence-electron chi connectivity index (χ4n) is 2.60. The minimum Gasteiger partial charge on any atom is -0.466 e. The standard InChI is InChI=1S/C10H17NO2/c1-2-13-9(12)10(6-11)4-7-3-8(7)5-10/h7-8H,2-6,11H2,1H3. The van der Waals surface area contributed by atoms with Gasteiger partial charge in [0.25, 0.3) is 0 Å². The van der Waals surface area contributed by atoms with Crippen LogP contribution >= 0.6 is 0 Å². The summed E-state index contributed by atoms with van der Waals surface area (Å²) in [4.78, 5) is 11.7. The molecule has 2 N–H and O–H groups in total. The Labute approximate surface area is 78.6 Å². The predicted octanol–water partition coefficient (Wildman–Crippen LogP) is 0.924. The van der Waals surface area contributed by atoms with Crippen molar-refractivity contribution in [3.05, 3.63) is 0 Å². The molecule has 2 atom stereocenters. The Hall–Kier alpha value is -0.570. The summed E-state index contributed by atoms with van der Waals surface area (Å²) in [5.41, 5.74) is 5.37. The van der Waals surface area contributed by atoms with Crippen LogP contribution in [0.5, 0.6) is 0 Å². The molecule has 2 rings (SSSR count). The molecule has 2 unspecified atom stereocenters. The Bertz CT molecular complexity index is 217. The normalized spacial score (nSPS) is 41.4. The van der Waals surface area contributed by atoms with Gasteiger partial charge in [-0.05, 0) is 38.0 Å². The summed E-state index contributed by atoms with van der Waals surface area (Å²) in [6, 6.07) is 0. The molecule has 0 bridgehead atoms. The SMILES string of the molecule is CCOC(=O)C1(CN)CC2CC2C1. The van der Waals surface area contributed by atoms with Gasteiger partial charge < -0.3 is 10.5 Å². The van der Waals surface area contributed by atoms with Gasteiger partial charge in [-0.25, -0.2) is 0 Å². The third kappa shape index (κ3) is 1.35. The first kappa shape index (κ1) is 9.00. The van der Waals surface area contributed by atoms with Crippen molar-refractivity contribution in [2.45, 2.75) is 26.2 Å². The van der Waals surface area contributed by atoms with Crippen molar-refractivity contribution in [1.29, 1.82) is 0 Å². The number of esters is 1. The molecule has 0 aliphatic heterocycles. The lowest BCUT2D eigenvalue weighted by Gasteiger charge is -2.26. The quantitative estimate of drug-likeness (QED) is 0.662. The van der Waals surface area contributed by atoms with Crippen LogP contribution in [0.4, 0.5) is 0 Å². The van der Waals surface area contributed by atoms with E-state index in [0.29, 0.717) is 13.2 Å². The van der Waals surface area contributed by atoms with E-state index in [4.69, 9.17) is 10.5 Å². The second-order valence-electron chi connectivity index (χ2n) is 4.37. The summed E-state index contributed by atoms with van der Waals surface area (Å²) in [5.74, 6) is 1.48. The monoisotopic (exact) mass is 183 g/mol. The zero-order valence-corrected chi connectivity index (χ0v) is 8.08. The van der Waals surface area contributed by atoms with Gasteiger partial charge in [-0.1, -0.05) is 0 Å². The molecule has 0 aromatic heterocycles. The largest absolute Gasteiger partial charge is 0.466 e. The van der Waals surface area contributed by atoms with Crippen molar-refractivity contribution in [3.63, 3.8) is 0 Å². The van der Waals surface area contributed by atoms with Crippen molar-refractivity contribution in [2.75, 3.05) is 13.2 Å². The molecule has 0 spiro atoms. The van der Waals surface area contributed by atoms with Crippen LogP contribution in [-0.2, 0) is 9.53 Å². The average Bonchev–Trinajstić information content (AvgIpc) is 2.74. The van der Waals surface area contributed by atoms with E-state index < -0.39 is 0 Å². The molecule has 3 nitrogen and oxygen atoms in total. The molecule has 0 heterocycles. The van der Waals surface area contributed by atoms with Gasteiger partial charge in [0, 0.05) is 6.54 Å². The van der Waals surface area contributed by atoms with E-state index in [0.717, 1.165) is 24.7 Å². The van der Waals surface area contributed by atoms with Crippen LogP contribution in [0, 0.1) is 17.3 Å². The Morgan fingerprint density at radius 2 is 2.15 bits per heavy atom. The van der Waals surface area contributed by atoms with E-state index in [1.807, 2.05) is 6.92 Å². The molecule has 0 aromatic rings. The lowest BCUT2D eigenvalue weighted by molar-refractivity contribution is -0.155. The zero-order chi connectivity index (χ0) is 9.47. The number of ether oxygens (including phenoxy) is 1. The average molecular weight is 183 g/mol. The molecule has 2 aliphatic carbocycles. The third-order valence-corrected chi connectivity index (χ3v) is 3.47. The zero-order valence-electron chi connectivity index (χ0n) is 8.08. The van der Waals surface area contributed by atoms with Gasteiger partial charge in [0.05, 0.1) is 12.0 Å². The maximum Gasteiger partial charge on any atom is 0.313 e. The number of hydrogen-bond donors (Lipinski definition) is 1. The lowest BCUT2D eigenvalue weighted by atomic mass is 9.83. The number of nitrogens with two attached hydrogens (primary N) is 1. The highest BCUT2D eigenvalue weighted by molar-refractivity contribution is 5.78. The fraction of sp³-hybridized carbons (Fsp3) is 0.900. The maximum absolute atomic E-state index is 11.7.